The molecule has 1 amide bonds. The molecular weight excluding hydrogens is 332 g/mol. The van der Waals surface area contributed by atoms with Gasteiger partial charge >= 0.3 is 6.09 Å². The maximum absolute atomic E-state index is 11.8. The smallest absolute Gasteiger partial charge is 0.415 e. The lowest BCUT2D eigenvalue weighted by molar-refractivity contribution is 0.150. The molecule has 2 saturated heterocycles. The van der Waals surface area contributed by atoms with Crippen molar-refractivity contribution in [3.63, 3.8) is 0 Å². The Morgan fingerprint density at radius 1 is 1.29 bits per heavy atom. The normalized spacial score (nSPS) is 23.5. The molecule has 0 bridgehead atoms. The Labute approximate surface area is 141 Å². The second kappa shape index (κ2) is 6.64. The van der Waals surface area contributed by atoms with Crippen molar-refractivity contribution in [2.45, 2.75) is 32.3 Å². The van der Waals surface area contributed by atoms with Crippen LogP contribution in [0.2, 0.25) is 0 Å². The second-order valence-corrected chi connectivity index (χ2v) is 8.47. The first-order valence-corrected chi connectivity index (χ1v) is 9.92. The van der Waals surface area contributed by atoms with Gasteiger partial charge in [-0.1, -0.05) is 0 Å². The van der Waals surface area contributed by atoms with Crippen molar-refractivity contribution >= 4 is 21.9 Å². The monoisotopic (exact) mass is 354 g/mol. The Morgan fingerprint density at radius 2 is 2.00 bits per heavy atom. The summed E-state index contributed by atoms with van der Waals surface area (Å²) in [6.07, 6.45) is 6.32. The van der Waals surface area contributed by atoms with Crippen LogP contribution in [-0.4, -0.2) is 60.8 Å². The van der Waals surface area contributed by atoms with E-state index in [1.54, 1.807) is 12.4 Å². The number of nitrogens with zero attached hydrogens (tertiary/aromatic N) is 4. The van der Waals surface area contributed by atoms with Crippen LogP contribution in [0.4, 0.5) is 10.6 Å². The number of ether oxygens (including phenoxy) is 1. The third-order valence-corrected chi connectivity index (χ3v) is 5.75. The molecule has 0 N–H and O–H groups in total. The minimum atomic E-state index is -3.10. The molecule has 2 aliphatic heterocycles. The molecule has 2 fully saturated rings. The van der Waals surface area contributed by atoms with Gasteiger partial charge in [0.25, 0.3) is 0 Å². The van der Waals surface area contributed by atoms with Gasteiger partial charge in [0, 0.05) is 19.3 Å². The van der Waals surface area contributed by atoms with Gasteiger partial charge in [-0.05, 0) is 32.1 Å². The number of anilines is 1. The molecule has 1 atom stereocenters. The molecule has 1 aromatic rings. The van der Waals surface area contributed by atoms with Crippen LogP contribution in [0.1, 0.15) is 25.5 Å². The predicted molar refractivity (Wildman–Crippen MR) is 88.2 cm³/mol. The molecule has 8 nitrogen and oxygen atoms in total. The molecule has 0 spiro atoms. The van der Waals surface area contributed by atoms with Crippen molar-refractivity contribution in [2.24, 2.45) is 5.92 Å². The van der Waals surface area contributed by atoms with E-state index in [1.165, 1.54) is 15.5 Å². The van der Waals surface area contributed by atoms with E-state index in [0.717, 1.165) is 25.0 Å². The minimum absolute atomic E-state index is 0.150. The molecule has 0 saturated carbocycles. The van der Waals surface area contributed by atoms with E-state index in [9.17, 15) is 13.2 Å². The molecule has 2 aliphatic rings. The zero-order valence-electron chi connectivity index (χ0n) is 13.9. The second-order valence-electron chi connectivity index (χ2n) is 6.48. The van der Waals surface area contributed by atoms with E-state index in [2.05, 4.69) is 9.97 Å². The van der Waals surface area contributed by atoms with E-state index in [-0.39, 0.29) is 6.10 Å². The van der Waals surface area contributed by atoms with Crippen LogP contribution in [0.15, 0.2) is 12.4 Å². The number of rotatable bonds is 4. The maximum Gasteiger partial charge on any atom is 0.415 e. The summed E-state index contributed by atoms with van der Waals surface area (Å²) in [6, 6.07) is 0. The lowest BCUT2D eigenvalue weighted by Crippen LogP contribution is -2.38. The van der Waals surface area contributed by atoms with E-state index < -0.39 is 16.1 Å². The molecular formula is C15H22N4O4S. The van der Waals surface area contributed by atoms with Crippen LogP contribution in [0.3, 0.4) is 0 Å². The highest BCUT2D eigenvalue weighted by atomic mass is 32.2. The molecule has 3 heterocycles. The standard InChI is InChI=1S/C15H22N4O4S/c1-11-10-19(15(20)23-11)14-9-16-8-13(17-14)7-12-3-5-18(6-4-12)24(2,21)22/h8-9,11-12H,3-7,10H2,1-2H3/t11-/m0/s1. The highest BCUT2D eigenvalue weighted by Gasteiger charge is 2.31. The molecule has 0 unspecified atom stereocenters. The molecule has 3 rings (SSSR count). The summed E-state index contributed by atoms with van der Waals surface area (Å²) >= 11 is 0. The lowest BCUT2D eigenvalue weighted by atomic mass is 9.93. The fraction of sp³-hybridized carbons (Fsp3) is 0.667. The summed E-state index contributed by atoms with van der Waals surface area (Å²) in [5.74, 6) is 0.882. The minimum Gasteiger partial charge on any atom is -0.444 e. The number of hydrogen-bond acceptors (Lipinski definition) is 6. The number of carbonyl (C=O) groups is 1. The number of piperidine rings is 1. The van der Waals surface area contributed by atoms with Crippen LogP contribution in [-0.2, 0) is 21.2 Å². The Bertz CT molecular complexity index is 716. The van der Waals surface area contributed by atoms with Crippen molar-refractivity contribution in [3.05, 3.63) is 18.1 Å². The van der Waals surface area contributed by atoms with Gasteiger partial charge in [-0.3, -0.25) is 9.88 Å². The Hall–Kier alpha value is -1.74. The van der Waals surface area contributed by atoms with Gasteiger partial charge in [0.1, 0.15) is 6.10 Å². The molecule has 24 heavy (non-hydrogen) atoms. The van der Waals surface area contributed by atoms with Crippen molar-refractivity contribution in [1.29, 1.82) is 0 Å². The molecule has 1 aromatic heterocycles. The Balaban J connectivity index is 1.63. The number of sulfonamides is 1. The van der Waals surface area contributed by atoms with E-state index in [0.29, 0.717) is 31.4 Å². The fourth-order valence-electron chi connectivity index (χ4n) is 3.16. The summed E-state index contributed by atoms with van der Waals surface area (Å²) < 4.78 is 29.7. The Morgan fingerprint density at radius 3 is 2.58 bits per heavy atom. The molecule has 9 heteroatoms. The first-order valence-electron chi connectivity index (χ1n) is 8.07. The van der Waals surface area contributed by atoms with Gasteiger partial charge in [-0.25, -0.2) is 22.5 Å². The topological polar surface area (TPSA) is 92.7 Å². The van der Waals surface area contributed by atoms with E-state index in [1.807, 2.05) is 6.92 Å². The molecule has 132 valence electrons. The summed E-state index contributed by atoms with van der Waals surface area (Å²) in [5.41, 5.74) is 0.817. The largest absolute Gasteiger partial charge is 0.444 e. The van der Waals surface area contributed by atoms with Crippen LogP contribution >= 0.6 is 0 Å². The maximum atomic E-state index is 11.8. The third-order valence-electron chi connectivity index (χ3n) is 4.45. The van der Waals surface area contributed by atoms with Crippen LogP contribution < -0.4 is 4.90 Å². The van der Waals surface area contributed by atoms with Crippen molar-refractivity contribution in [1.82, 2.24) is 14.3 Å². The summed E-state index contributed by atoms with van der Waals surface area (Å²) in [6.45, 7) is 3.41. The van der Waals surface area contributed by atoms with Gasteiger partial charge in [-0.15, -0.1) is 0 Å². The number of cyclic esters (lactones) is 1. The number of hydrogen-bond donors (Lipinski definition) is 0. The van der Waals surface area contributed by atoms with Gasteiger partial charge in [-0.2, -0.15) is 0 Å². The first-order chi connectivity index (χ1) is 11.3. The first kappa shape index (κ1) is 17.1. The highest BCUT2D eigenvalue weighted by molar-refractivity contribution is 7.88. The fourth-order valence-corrected chi connectivity index (χ4v) is 4.03. The van der Waals surface area contributed by atoms with Gasteiger partial charge in [0.15, 0.2) is 5.82 Å². The van der Waals surface area contributed by atoms with Crippen LogP contribution in [0.25, 0.3) is 0 Å². The summed E-state index contributed by atoms with van der Waals surface area (Å²) in [5, 5.41) is 0. The van der Waals surface area contributed by atoms with Gasteiger partial charge in [0.2, 0.25) is 10.0 Å². The van der Waals surface area contributed by atoms with Crippen molar-refractivity contribution in [2.75, 3.05) is 30.8 Å². The zero-order chi connectivity index (χ0) is 17.3. The third kappa shape index (κ3) is 3.84. The molecule has 0 radical (unpaired) electrons. The van der Waals surface area contributed by atoms with Crippen LogP contribution in [0, 0.1) is 5.92 Å². The Kier molecular flexibility index (Phi) is 4.73. The van der Waals surface area contributed by atoms with Gasteiger partial charge < -0.3 is 4.74 Å². The highest BCUT2D eigenvalue weighted by Crippen LogP contribution is 2.24. The quantitative estimate of drug-likeness (QED) is 0.802. The summed E-state index contributed by atoms with van der Waals surface area (Å²) in [7, 11) is -3.10. The SMILES string of the molecule is C[C@H]1CN(c2cncc(CC3CCN(S(C)(=O)=O)CC3)n2)C(=O)O1. The number of aromatic nitrogens is 2. The molecule has 0 aromatic carbocycles. The van der Waals surface area contributed by atoms with Gasteiger partial charge in [0.05, 0.1) is 24.7 Å². The zero-order valence-corrected chi connectivity index (χ0v) is 14.7. The summed E-state index contributed by atoms with van der Waals surface area (Å²) in [4.78, 5) is 22.0. The van der Waals surface area contributed by atoms with E-state index in [4.69, 9.17) is 4.74 Å². The number of amides is 1. The van der Waals surface area contributed by atoms with Crippen LogP contribution in [0.5, 0.6) is 0 Å². The van der Waals surface area contributed by atoms with E-state index >= 15 is 0 Å². The average molecular weight is 354 g/mol. The molecule has 0 aliphatic carbocycles. The predicted octanol–water partition coefficient (Wildman–Crippen LogP) is 1.04. The average Bonchev–Trinajstić information content (AvgIpc) is 2.86. The van der Waals surface area contributed by atoms with Crippen molar-refractivity contribution < 1.29 is 17.9 Å². The number of carbonyl (C=O) groups excluding carboxylic acids is 1. The lowest BCUT2D eigenvalue weighted by Gasteiger charge is -2.30. The van der Waals surface area contributed by atoms with Crippen molar-refractivity contribution in [3.8, 4) is 0 Å².